The number of carbonyl (C=O) groups excluding carboxylic acids is 2. The lowest BCUT2D eigenvalue weighted by Crippen LogP contribution is -2.55. The van der Waals surface area contributed by atoms with Gasteiger partial charge in [0.1, 0.15) is 0 Å². The van der Waals surface area contributed by atoms with Crippen molar-refractivity contribution in [3.63, 3.8) is 0 Å². The van der Waals surface area contributed by atoms with Crippen molar-refractivity contribution in [3.05, 3.63) is 0 Å². The zero-order valence-electron chi connectivity index (χ0n) is 25.2. The van der Waals surface area contributed by atoms with Crippen LogP contribution in [0.4, 0.5) is 0 Å². The van der Waals surface area contributed by atoms with E-state index in [-0.39, 0.29) is 47.6 Å². The van der Waals surface area contributed by atoms with Crippen LogP contribution in [0.1, 0.15) is 104 Å². The first kappa shape index (κ1) is 31.2. The number of ether oxygens (including phenoxy) is 1. The van der Waals surface area contributed by atoms with Crippen molar-refractivity contribution in [1.29, 1.82) is 0 Å². The van der Waals surface area contributed by atoms with Crippen molar-refractivity contribution >= 4 is 29.1 Å². The van der Waals surface area contributed by atoms with Crippen LogP contribution in [0.2, 0.25) is 0 Å². The SMILES string of the molecule is CCNC(=O)C[C@@H]1N=C(C2CCC(Cl)CC2)C2CC(OCCCNC(=O)C3CCCCC3)CCC2N2C(C)NNC12. The Balaban J connectivity index is 1.24. The third-order valence-electron chi connectivity index (χ3n) is 10.2. The van der Waals surface area contributed by atoms with Gasteiger partial charge in [-0.25, -0.2) is 10.9 Å². The van der Waals surface area contributed by atoms with Crippen molar-refractivity contribution in [2.75, 3.05) is 19.7 Å². The standard InChI is InChI=1S/C31H53ClN6O3/c1-3-33-28(39)19-26-30-37-36-20(2)38(30)27-15-14-24(18-25(27)29(35-26)21-10-12-23(32)13-11-21)41-17-7-16-34-31(40)22-8-5-4-6-9-22/h20-27,30,36-37H,3-19H2,1-2H3,(H,33,39)(H,34,40)/t20?,21?,23?,24?,25?,26-,27?,30?/m0/s1. The van der Waals surface area contributed by atoms with Crippen LogP contribution in [0.3, 0.4) is 0 Å². The number of hydrogen-bond acceptors (Lipinski definition) is 7. The van der Waals surface area contributed by atoms with E-state index < -0.39 is 0 Å². The number of hydrazine groups is 1. The number of amides is 2. The van der Waals surface area contributed by atoms with E-state index in [2.05, 4.69) is 33.3 Å². The summed E-state index contributed by atoms with van der Waals surface area (Å²) in [4.78, 5) is 33.3. The van der Waals surface area contributed by atoms with E-state index in [1.54, 1.807) is 0 Å². The van der Waals surface area contributed by atoms with Crippen molar-refractivity contribution in [2.24, 2.45) is 22.7 Å². The maximum absolute atomic E-state index is 12.8. The molecule has 0 aromatic carbocycles. The van der Waals surface area contributed by atoms with Gasteiger partial charge in [-0.15, -0.1) is 11.6 Å². The number of alkyl halides is 1. The van der Waals surface area contributed by atoms with Gasteiger partial charge in [0, 0.05) is 48.7 Å². The highest BCUT2D eigenvalue weighted by molar-refractivity contribution is 6.20. The molecule has 0 spiro atoms. The molecule has 4 fully saturated rings. The summed E-state index contributed by atoms with van der Waals surface area (Å²) < 4.78 is 6.47. The molecule has 232 valence electrons. The van der Waals surface area contributed by atoms with Crippen LogP contribution in [0.5, 0.6) is 0 Å². The topological polar surface area (TPSA) is 107 Å². The third kappa shape index (κ3) is 7.83. The Bertz CT molecular complexity index is 906. The van der Waals surface area contributed by atoms with Crippen LogP contribution >= 0.6 is 11.6 Å². The van der Waals surface area contributed by atoms with Gasteiger partial charge in [0.25, 0.3) is 0 Å². The van der Waals surface area contributed by atoms with E-state index in [0.29, 0.717) is 44.0 Å². The number of carbonyl (C=O) groups is 2. The van der Waals surface area contributed by atoms with Gasteiger partial charge >= 0.3 is 0 Å². The molecule has 3 aliphatic carbocycles. The molecule has 6 atom stereocenters. The second kappa shape index (κ2) is 15.0. The predicted molar refractivity (Wildman–Crippen MR) is 163 cm³/mol. The lowest BCUT2D eigenvalue weighted by atomic mass is 9.72. The molecule has 0 aromatic rings. The maximum Gasteiger partial charge on any atom is 0.223 e. The second-order valence-electron chi connectivity index (χ2n) is 13.0. The molecule has 41 heavy (non-hydrogen) atoms. The fourth-order valence-corrected chi connectivity index (χ4v) is 8.35. The Hall–Kier alpha value is -1.26. The Morgan fingerprint density at radius 3 is 2.56 bits per heavy atom. The summed E-state index contributed by atoms with van der Waals surface area (Å²) in [7, 11) is 0. The number of rotatable bonds is 10. The molecule has 5 unspecified atom stereocenters. The zero-order valence-corrected chi connectivity index (χ0v) is 26.0. The molecule has 0 bridgehead atoms. The highest BCUT2D eigenvalue weighted by atomic mass is 35.5. The number of hydrogen-bond donors (Lipinski definition) is 4. The van der Waals surface area contributed by atoms with E-state index in [9.17, 15) is 9.59 Å². The van der Waals surface area contributed by atoms with Gasteiger partial charge in [0.05, 0.1) is 30.9 Å². The Labute approximate surface area is 251 Å². The van der Waals surface area contributed by atoms with E-state index in [4.69, 9.17) is 21.3 Å². The number of nitrogens with zero attached hydrogens (tertiary/aromatic N) is 2. The minimum absolute atomic E-state index is 0.00721. The van der Waals surface area contributed by atoms with Crippen LogP contribution < -0.4 is 21.5 Å². The quantitative estimate of drug-likeness (QED) is 0.227. The number of nitrogens with one attached hydrogen (secondary N) is 4. The summed E-state index contributed by atoms with van der Waals surface area (Å²) in [6.45, 7) is 6.16. The van der Waals surface area contributed by atoms with Crippen LogP contribution in [0.15, 0.2) is 4.99 Å². The summed E-state index contributed by atoms with van der Waals surface area (Å²) in [5.74, 6) is 1.23. The van der Waals surface area contributed by atoms with Gasteiger partial charge in [-0.3, -0.25) is 19.5 Å². The zero-order chi connectivity index (χ0) is 28.8. The van der Waals surface area contributed by atoms with Crippen LogP contribution in [0.25, 0.3) is 0 Å². The molecule has 1 saturated heterocycles. The molecular formula is C31H53ClN6O3. The molecule has 2 amide bonds. The fourth-order valence-electron chi connectivity index (χ4n) is 8.10. The first-order valence-corrected chi connectivity index (χ1v) is 17.0. The fraction of sp³-hybridized carbons (Fsp3) is 0.903. The molecule has 9 nitrogen and oxygen atoms in total. The van der Waals surface area contributed by atoms with Gasteiger partial charge in [0.15, 0.2) is 0 Å². The lowest BCUT2D eigenvalue weighted by Gasteiger charge is -2.44. The molecule has 4 N–H and O–H groups in total. The summed E-state index contributed by atoms with van der Waals surface area (Å²) in [6, 6.07) is 0.222. The first-order chi connectivity index (χ1) is 19.9. The van der Waals surface area contributed by atoms with Crippen LogP contribution in [-0.4, -0.2) is 78.0 Å². The Morgan fingerprint density at radius 2 is 1.80 bits per heavy atom. The highest BCUT2D eigenvalue weighted by Gasteiger charge is 2.50. The van der Waals surface area contributed by atoms with Gasteiger partial charge in [0.2, 0.25) is 11.8 Å². The van der Waals surface area contributed by atoms with Gasteiger partial charge < -0.3 is 15.4 Å². The van der Waals surface area contributed by atoms with E-state index >= 15 is 0 Å². The van der Waals surface area contributed by atoms with Crippen molar-refractivity contribution in [2.45, 2.75) is 140 Å². The molecular weight excluding hydrogens is 540 g/mol. The van der Waals surface area contributed by atoms with Crippen molar-refractivity contribution in [1.82, 2.24) is 26.4 Å². The largest absolute Gasteiger partial charge is 0.378 e. The van der Waals surface area contributed by atoms with Crippen molar-refractivity contribution in [3.8, 4) is 0 Å². The van der Waals surface area contributed by atoms with E-state index in [1.807, 2.05) is 6.92 Å². The minimum atomic E-state index is -0.138. The molecule has 10 heteroatoms. The average Bonchev–Trinajstić information content (AvgIpc) is 3.30. The summed E-state index contributed by atoms with van der Waals surface area (Å²) in [6.07, 6.45) is 14.5. The second-order valence-corrected chi connectivity index (χ2v) is 13.7. The molecule has 2 aliphatic heterocycles. The highest BCUT2D eigenvalue weighted by Crippen LogP contribution is 2.42. The summed E-state index contributed by atoms with van der Waals surface area (Å²) in [5, 5.41) is 6.41. The molecule has 5 aliphatic rings. The third-order valence-corrected chi connectivity index (χ3v) is 10.6. The minimum Gasteiger partial charge on any atom is -0.378 e. The first-order valence-electron chi connectivity index (χ1n) is 16.6. The monoisotopic (exact) mass is 592 g/mol. The molecule has 3 saturated carbocycles. The number of aliphatic imine (C=N–C) groups is 1. The van der Waals surface area contributed by atoms with Gasteiger partial charge in [-0.1, -0.05) is 19.3 Å². The van der Waals surface area contributed by atoms with E-state index in [1.165, 1.54) is 25.0 Å². The summed E-state index contributed by atoms with van der Waals surface area (Å²) >= 11 is 6.52. The summed E-state index contributed by atoms with van der Waals surface area (Å²) in [5.41, 5.74) is 8.25. The molecule has 5 rings (SSSR count). The van der Waals surface area contributed by atoms with Crippen molar-refractivity contribution < 1.29 is 14.3 Å². The van der Waals surface area contributed by atoms with Gasteiger partial charge in [-0.05, 0) is 84.0 Å². The van der Waals surface area contributed by atoms with E-state index in [0.717, 1.165) is 64.2 Å². The van der Waals surface area contributed by atoms with Crippen LogP contribution in [-0.2, 0) is 14.3 Å². The predicted octanol–water partition coefficient (Wildman–Crippen LogP) is 3.86. The molecule has 2 heterocycles. The number of halogens is 1. The molecule has 0 aromatic heterocycles. The number of fused-ring (bicyclic) bond motifs is 3. The Morgan fingerprint density at radius 1 is 1.02 bits per heavy atom. The Kier molecular flexibility index (Phi) is 11.4. The smallest absolute Gasteiger partial charge is 0.223 e. The van der Waals surface area contributed by atoms with Gasteiger partial charge in [-0.2, -0.15) is 0 Å². The lowest BCUT2D eigenvalue weighted by molar-refractivity contribution is -0.126. The van der Waals surface area contributed by atoms with Crippen LogP contribution in [0, 0.1) is 17.8 Å². The normalized spacial score (nSPS) is 36.5. The average molecular weight is 593 g/mol. The maximum atomic E-state index is 12.8. The molecule has 0 radical (unpaired) electrons.